The maximum Gasteiger partial charge on any atom is 0.182 e. The molecule has 2 atom stereocenters. The highest BCUT2D eigenvalue weighted by Gasteiger charge is 2.31. The van der Waals surface area contributed by atoms with Gasteiger partial charge in [-0.2, -0.15) is 0 Å². The lowest BCUT2D eigenvalue weighted by atomic mass is 10.1. The van der Waals surface area contributed by atoms with Crippen LogP contribution in [0.3, 0.4) is 0 Å². The number of ketones is 1. The van der Waals surface area contributed by atoms with E-state index in [1.54, 1.807) is 0 Å². The van der Waals surface area contributed by atoms with Crippen LogP contribution in [0.15, 0.2) is 18.2 Å². The summed E-state index contributed by atoms with van der Waals surface area (Å²) in [5.74, 6) is -2.02. The van der Waals surface area contributed by atoms with Gasteiger partial charge in [0.1, 0.15) is 11.6 Å². The van der Waals surface area contributed by atoms with Crippen molar-refractivity contribution < 1.29 is 13.6 Å². The van der Waals surface area contributed by atoms with E-state index < -0.39 is 23.0 Å². The first-order valence-electron chi connectivity index (χ1n) is 6.77. The zero-order valence-electron chi connectivity index (χ0n) is 11.3. The summed E-state index contributed by atoms with van der Waals surface area (Å²) in [5, 5.41) is 0. The minimum Gasteiger partial charge on any atom is -0.292 e. The number of carbonyl (C=O) groups is 1. The lowest BCUT2D eigenvalue weighted by Crippen LogP contribution is -2.38. The van der Waals surface area contributed by atoms with E-state index >= 15 is 0 Å². The Hall–Kier alpha value is -1.29. The van der Waals surface area contributed by atoms with Gasteiger partial charge in [0.25, 0.3) is 0 Å². The molecule has 4 heteroatoms. The number of rotatable bonds is 4. The molecule has 0 aromatic heterocycles. The molecule has 1 aromatic rings. The van der Waals surface area contributed by atoms with Gasteiger partial charge in [-0.05, 0) is 38.3 Å². The van der Waals surface area contributed by atoms with Gasteiger partial charge in [-0.25, -0.2) is 8.78 Å². The molecular formula is C15H19F2NO. The van der Waals surface area contributed by atoms with Crippen LogP contribution in [0, 0.1) is 11.6 Å². The second-order valence-corrected chi connectivity index (χ2v) is 5.18. The number of likely N-dealkylation sites (tertiary alicyclic amines) is 1. The molecular weight excluding hydrogens is 248 g/mol. The fourth-order valence-corrected chi connectivity index (χ4v) is 2.86. The highest BCUT2D eigenvalue weighted by Crippen LogP contribution is 2.26. The van der Waals surface area contributed by atoms with Crippen molar-refractivity contribution in [3.8, 4) is 0 Å². The summed E-state index contributed by atoms with van der Waals surface area (Å²) in [5.41, 5.74) is -0.406. The summed E-state index contributed by atoms with van der Waals surface area (Å²) >= 11 is 0. The van der Waals surface area contributed by atoms with Crippen LogP contribution in [0.2, 0.25) is 0 Å². The molecule has 1 aliphatic heterocycles. The molecule has 2 nitrogen and oxygen atoms in total. The SMILES string of the molecule is CCC1CCC(C)N1CC(=O)c1c(F)cccc1F. The molecule has 104 valence electrons. The standard InChI is InChI=1S/C15H19F2NO/c1-3-11-8-7-10(2)18(11)9-14(19)15-12(16)5-4-6-13(15)17/h4-6,10-11H,3,7-9H2,1-2H3. The van der Waals surface area contributed by atoms with Gasteiger partial charge >= 0.3 is 0 Å². The minimum absolute atomic E-state index is 0.0948. The van der Waals surface area contributed by atoms with Crippen molar-refractivity contribution in [2.45, 2.75) is 45.2 Å². The van der Waals surface area contributed by atoms with Gasteiger partial charge in [-0.3, -0.25) is 9.69 Å². The predicted octanol–water partition coefficient (Wildman–Crippen LogP) is 3.41. The molecule has 0 amide bonds. The van der Waals surface area contributed by atoms with Gasteiger partial charge in [0.2, 0.25) is 0 Å². The quantitative estimate of drug-likeness (QED) is 0.779. The summed E-state index contributed by atoms with van der Waals surface area (Å²) in [4.78, 5) is 14.2. The van der Waals surface area contributed by atoms with Crippen LogP contribution in [-0.4, -0.2) is 29.3 Å². The molecule has 0 radical (unpaired) electrons. The maximum atomic E-state index is 13.6. The zero-order chi connectivity index (χ0) is 14.0. The molecule has 0 N–H and O–H groups in total. The average molecular weight is 267 g/mol. The van der Waals surface area contributed by atoms with Crippen molar-refractivity contribution in [1.29, 1.82) is 0 Å². The topological polar surface area (TPSA) is 20.3 Å². The van der Waals surface area contributed by atoms with Crippen molar-refractivity contribution in [3.05, 3.63) is 35.4 Å². The van der Waals surface area contributed by atoms with Crippen molar-refractivity contribution in [1.82, 2.24) is 4.90 Å². The first kappa shape index (κ1) is 14.1. The Kier molecular flexibility index (Phi) is 4.30. The molecule has 1 heterocycles. The van der Waals surface area contributed by atoms with E-state index in [4.69, 9.17) is 0 Å². The Morgan fingerprint density at radius 3 is 2.53 bits per heavy atom. The third-order valence-corrected chi connectivity index (χ3v) is 3.99. The van der Waals surface area contributed by atoms with Crippen LogP contribution in [0.5, 0.6) is 0 Å². The smallest absolute Gasteiger partial charge is 0.182 e. The normalized spacial score (nSPS) is 23.8. The Bertz CT molecular complexity index is 455. The first-order chi connectivity index (χ1) is 9.04. The Morgan fingerprint density at radius 2 is 1.95 bits per heavy atom. The van der Waals surface area contributed by atoms with Gasteiger partial charge in [-0.15, -0.1) is 0 Å². The molecule has 0 saturated carbocycles. The number of benzene rings is 1. The van der Waals surface area contributed by atoms with Crippen molar-refractivity contribution in [3.63, 3.8) is 0 Å². The number of hydrogen-bond acceptors (Lipinski definition) is 2. The minimum atomic E-state index is -0.773. The molecule has 19 heavy (non-hydrogen) atoms. The van der Waals surface area contributed by atoms with Crippen LogP contribution < -0.4 is 0 Å². The van der Waals surface area contributed by atoms with Crippen LogP contribution in [0.25, 0.3) is 0 Å². The van der Waals surface area contributed by atoms with Crippen LogP contribution in [0.1, 0.15) is 43.5 Å². The van der Waals surface area contributed by atoms with E-state index in [0.717, 1.165) is 31.4 Å². The molecule has 1 fully saturated rings. The van der Waals surface area contributed by atoms with Gasteiger partial charge in [-0.1, -0.05) is 13.0 Å². The van der Waals surface area contributed by atoms with E-state index in [0.29, 0.717) is 12.1 Å². The van der Waals surface area contributed by atoms with Crippen LogP contribution in [0.4, 0.5) is 8.78 Å². The molecule has 2 rings (SSSR count). The number of carbonyl (C=O) groups excluding carboxylic acids is 1. The van der Waals surface area contributed by atoms with Crippen molar-refractivity contribution in [2.75, 3.05) is 6.54 Å². The molecule has 2 unspecified atom stereocenters. The Labute approximate surface area is 112 Å². The summed E-state index contributed by atoms with van der Waals surface area (Å²) in [6.07, 6.45) is 3.04. The third kappa shape index (κ3) is 2.84. The van der Waals surface area contributed by atoms with E-state index in [-0.39, 0.29) is 6.54 Å². The Morgan fingerprint density at radius 1 is 1.32 bits per heavy atom. The highest BCUT2D eigenvalue weighted by atomic mass is 19.1. The van der Waals surface area contributed by atoms with E-state index in [1.807, 2.05) is 0 Å². The monoisotopic (exact) mass is 267 g/mol. The maximum absolute atomic E-state index is 13.6. The predicted molar refractivity (Wildman–Crippen MR) is 70.2 cm³/mol. The molecule has 0 bridgehead atoms. The van der Waals surface area contributed by atoms with E-state index in [9.17, 15) is 13.6 Å². The fraction of sp³-hybridized carbons (Fsp3) is 0.533. The first-order valence-corrected chi connectivity index (χ1v) is 6.77. The molecule has 1 saturated heterocycles. The lowest BCUT2D eigenvalue weighted by molar-refractivity contribution is 0.0880. The van der Waals surface area contributed by atoms with Gasteiger partial charge < -0.3 is 0 Å². The summed E-state index contributed by atoms with van der Waals surface area (Å²) < 4.78 is 27.1. The van der Waals surface area contributed by atoms with Gasteiger partial charge in [0, 0.05) is 12.1 Å². The average Bonchev–Trinajstić information content (AvgIpc) is 2.70. The summed E-state index contributed by atoms with van der Waals surface area (Å²) in [6.45, 7) is 4.22. The fourth-order valence-electron chi connectivity index (χ4n) is 2.86. The number of Topliss-reactive ketones (excluding diaryl/α,β-unsaturated/α-hetero) is 1. The third-order valence-electron chi connectivity index (χ3n) is 3.99. The number of halogens is 2. The van der Waals surface area contributed by atoms with Crippen molar-refractivity contribution >= 4 is 5.78 Å². The molecule has 1 aliphatic rings. The van der Waals surface area contributed by atoms with Crippen LogP contribution in [-0.2, 0) is 0 Å². The van der Waals surface area contributed by atoms with Gasteiger partial charge in [0.05, 0.1) is 12.1 Å². The zero-order valence-corrected chi connectivity index (χ0v) is 11.3. The second kappa shape index (κ2) is 5.78. The Balaban J connectivity index is 2.17. The molecule has 0 spiro atoms. The van der Waals surface area contributed by atoms with Gasteiger partial charge in [0.15, 0.2) is 5.78 Å². The molecule has 1 aromatic carbocycles. The second-order valence-electron chi connectivity index (χ2n) is 5.18. The highest BCUT2D eigenvalue weighted by molar-refractivity contribution is 5.98. The summed E-state index contributed by atoms with van der Waals surface area (Å²) in [6, 6.07) is 4.16. The molecule has 0 aliphatic carbocycles. The largest absolute Gasteiger partial charge is 0.292 e. The van der Waals surface area contributed by atoms with Crippen molar-refractivity contribution in [2.24, 2.45) is 0 Å². The lowest BCUT2D eigenvalue weighted by Gasteiger charge is -2.26. The summed E-state index contributed by atoms with van der Waals surface area (Å²) in [7, 11) is 0. The van der Waals surface area contributed by atoms with Crippen LogP contribution >= 0.6 is 0 Å². The number of hydrogen-bond donors (Lipinski definition) is 0. The van der Waals surface area contributed by atoms with E-state index in [1.165, 1.54) is 6.07 Å². The number of nitrogens with zero attached hydrogens (tertiary/aromatic N) is 1. The van der Waals surface area contributed by atoms with E-state index in [2.05, 4.69) is 18.7 Å².